The van der Waals surface area contributed by atoms with E-state index in [0.29, 0.717) is 23.7 Å². The molecule has 3 aromatic rings. The Bertz CT molecular complexity index is 903. The molecule has 0 spiro atoms. The molecule has 24 heavy (non-hydrogen) atoms. The van der Waals surface area contributed by atoms with E-state index in [1.807, 2.05) is 13.8 Å². The molecule has 0 atom stereocenters. The molecule has 0 aromatic carbocycles. The van der Waals surface area contributed by atoms with Gasteiger partial charge in [0.15, 0.2) is 17.3 Å². The lowest BCUT2D eigenvalue weighted by Gasteiger charge is -2.04. The molecular formula is C15H18N8O. The predicted octanol–water partition coefficient (Wildman–Crippen LogP) is 0.632. The molecule has 0 bridgehead atoms. The number of hydrogen-bond acceptors (Lipinski definition) is 6. The third kappa shape index (κ3) is 3.45. The number of primary amides is 1. The number of carbonyl (C=O) groups is 1. The summed E-state index contributed by atoms with van der Waals surface area (Å²) in [5.74, 6) is 1.23. The van der Waals surface area contributed by atoms with Crippen LogP contribution in [0.2, 0.25) is 0 Å². The van der Waals surface area contributed by atoms with Crippen LogP contribution >= 0.6 is 0 Å². The lowest BCUT2D eigenvalue weighted by molar-refractivity contribution is -0.117. The van der Waals surface area contributed by atoms with Crippen LogP contribution in [0.5, 0.6) is 0 Å². The van der Waals surface area contributed by atoms with Crippen LogP contribution in [-0.2, 0) is 17.6 Å². The van der Waals surface area contributed by atoms with E-state index in [0.717, 1.165) is 12.2 Å². The minimum atomic E-state index is -0.467. The summed E-state index contributed by atoms with van der Waals surface area (Å²) in [5, 5.41) is 16.5. The molecular weight excluding hydrogens is 308 g/mol. The highest BCUT2D eigenvalue weighted by molar-refractivity contribution is 5.75. The van der Waals surface area contributed by atoms with Gasteiger partial charge in [0.1, 0.15) is 12.2 Å². The van der Waals surface area contributed by atoms with Crippen molar-refractivity contribution in [3.63, 3.8) is 0 Å². The predicted molar refractivity (Wildman–Crippen MR) is 86.3 cm³/mol. The number of nitrogens with zero attached hydrogens (tertiary/aromatic N) is 7. The summed E-state index contributed by atoms with van der Waals surface area (Å²) in [6.07, 6.45) is 5.15. The summed E-state index contributed by atoms with van der Waals surface area (Å²) in [6, 6.07) is 3.59. The number of hydrogen-bond donors (Lipinski definition) is 1. The molecule has 124 valence electrons. The van der Waals surface area contributed by atoms with Crippen molar-refractivity contribution in [3.05, 3.63) is 41.8 Å². The summed E-state index contributed by atoms with van der Waals surface area (Å²) in [6.45, 7) is 4.09. The van der Waals surface area contributed by atoms with Crippen LogP contribution in [0.1, 0.15) is 31.9 Å². The average molecular weight is 326 g/mol. The third-order valence-electron chi connectivity index (χ3n) is 3.34. The lowest BCUT2D eigenvalue weighted by Crippen LogP contribution is -2.15. The zero-order valence-electron chi connectivity index (χ0n) is 13.5. The van der Waals surface area contributed by atoms with Gasteiger partial charge in [-0.1, -0.05) is 11.6 Å². The number of aryl methyl sites for hydroxylation is 1. The van der Waals surface area contributed by atoms with Gasteiger partial charge in [-0.05, 0) is 32.4 Å². The third-order valence-corrected chi connectivity index (χ3v) is 3.34. The van der Waals surface area contributed by atoms with E-state index < -0.39 is 5.91 Å². The van der Waals surface area contributed by atoms with Gasteiger partial charge in [-0.2, -0.15) is 9.20 Å². The molecule has 2 N–H and O–H groups in total. The van der Waals surface area contributed by atoms with E-state index in [4.69, 9.17) is 5.73 Å². The molecule has 0 aliphatic heterocycles. The second kappa shape index (κ2) is 6.57. The second-order valence-corrected chi connectivity index (χ2v) is 5.64. The molecule has 0 fully saturated rings. The highest BCUT2D eigenvalue weighted by atomic mass is 16.1. The first kappa shape index (κ1) is 15.8. The van der Waals surface area contributed by atoms with Crippen molar-refractivity contribution in [1.82, 2.24) is 34.6 Å². The minimum absolute atomic E-state index is 0.00246. The van der Waals surface area contributed by atoms with E-state index >= 15 is 0 Å². The highest BCUT2D eigenvalue weighted by Crippen LogP contribution is 2.11. The standard InChI is InChI=1S/C15H18N8O/c1-10(2)4-3-5-13-18-12(8-11(16)24)20-23(13)15-7-6-14-19-17-9-22(14)21-15/h4,6-7,9H,3,5,8H2,1-2H3,(H2,16,24). The van der Waals surface area contributed by atoms with Crippen molar-refractivity contribution in [2.75, 3.05) is 0 Å². The number of amides is 1. The molecule has 0 radical (unpaired) electrons. The van der Waals surface area contributed by atoms with E-state index in [2.05, 4.69) is 31.5 Å². The zero-order valence-corrected chi connectivity index (χ0v) is 13.5. The fourth-order valence-electron chi connectivity index (χ4n) is 2.29. The maximum absolute atomic E-state index is 11.2. The summed E-state index contributed by atoms with van der Waals surface area (Å²) >= 11 is 0. The highest BCUT2D eigenvalue weighted by Gasteiger charge is 2.14. The van der Waals surface area contributed by atoms with Crippen molar-refractivity contribution in [2.45, 2.75) is 33.1 Å². The Morgan fingerprint density at radius 2 is 2.12 bits per heavy atom. The fourth-order valence-corrected chi connectivity index (χ4v) is 2.29. The summed E-state index contributed by atoms with van der Waals surface area (Å²) in [5.41, 5.74) is 7.13. The monoisotopic (exact) mass is 326 g/mol. The van der Waals surface area contributed by atoms with Crippen LogP contribution in [0.4, 0.5) is 0 Å². The zero-order chi connectivity index (χ0) is 17.1. The Hall–Kier alpha value is -3.10. The van der Waals surface area contributed by atoms with Crippen molar-refractivity contribution < 1.29 is 4.79 Å². The Morgan fingerprint density at radius 1 is 1.29 bits per heavy atom. The minimum Gasteiger partial charge on any atom is -0.369 e. The second-order valence-electron chi connectivity index (χ2n) is 5.64. The topological polar surface area (TPSA) is 117 Å². The van der Waals surface area contributed by atoms with Gasteiger partial charge >= 0.3 is 0 Å². The molecule has 3 aromatic heterocycles. The molecule has 0 saturated heterocycles. The molecule has 0 unspecified atom stereocenters. The van der Waals surface area contributed by atoms with Gasteiger partial charge in [-0.25, -0.2) is 4.98 Å². The SMILES string of the molecule is CC(C)=CCCc1nc(CC(N)=O)nn1-c1ccc2nncn2n1. The Kier molecular flexibility index (Phi) is 4.32. The maximum atomic E-state index is 11.2. The summed E-state index contributed by atoms with van der Waals surface area (Å²) < 4.78 is 3.20. The van der Waals surface area contributed by atoms with Crippen LogP contribution in [0.25, 0.3) is 11.5 Å². The lowest BCUT2D eigenvalue weighted by atomic mass is 10.2. The number of nitrogens with two attached hydrogens (primary N) is 1. The van der Waals surface area contributed by atoms with Crippen molar-refractivity contribution in [2.24, 2.45) is 5.73 Å². The van der Waals surface area contributed by atoms with Gasteiger partial charge in [0.05, 0.1) is 6.42 Å². The Labute approximate surface area is 138 Å². The van der Waals surface area contributed by atoms with Crippen LogP contribution in [0, 0.1) is 0 Å². The number of aromatic nitrogens is 7. The molecule has 0 aliphatic carbocycles. The Balaban J connectivity index is 1.97. The molecule has 1 amide bonds. The van der Waals surface area contributed by atoms with Gasteiger partial charge in [-0.3, -0.25) is 4.79 Å². The van der Waals surface area contributed by atoms with Crippen LogP contribution in [-0.4, -0.2) is 40.5 Å². The molecule has 9 heteroatoms. The normalized spacial score (nSPS) is 10.9. The molecule has 0 aliphatic rings. The maximum Gasteiger partial charge on any atom is 0.225 e. The number of carbonyl (C=O) groups excluding carboxylic acids is 1. The van der Waals surface area contributed by atoms with E-state index in [9.17, 15) is 4.79 Å². The average Bonchev–Trinajstić information content (AvgIpc) is 3.12. The van der Waals surface area contributed by atoms with Gasteiger partial charge in [0.2, 0.25) is 5.91 Å². The first-order valence-electron chi connectivity index (χ1n) is 7.57. The number of allylic oxidation sites excluding steroid dienone is 2. The van der Waals surface area contributed by atoms with Gasteiger partial charge in [0.25, 0.3) is 0 Å². The summed E-state index contributed by atoms with van der Waals surface area (Å²) in [7, 11) is 0. The molecule has 3 heterocycles. The first-order chi connectivity index (χ1) is 11.5. The number of fused-ring (bicyclic) bond motifs is 1. The van der Waals surface area contributed by atoms with Crippen LogP contribution in [0.15, 0.2) is 30.1 Å². The van der Waals surface area contributed by atoms with Gasteiger partial charge < -0.3 is 5.73 Å². The van der Waals surface area contributed by atoms with Crippen molar-refractivity contribution in [3.8, 4) is 5.82 Å². The number of rotatable bonds is 6. The van der Waals surface area contributed by atoms with Crippen molar-refractivity contribution in [1.29, 1.82) is 0 Å². The Morgan fingerprint density at radius 3 is 2.88 bits per heavy atom. The largest absolute Gasteiger partial charge is 0.369 e. The van der Waals surface area contributed by atoms with E-state index in [-0.39, 0.29) is 6.42 Å². The quantitative estimate of drug-likeness (QED) is 0.664. The van der Waals surface area contributed by atoms with E-state index in [1.165, 1.54) is 11.9 Å². The van der Waals surface area contributed by atoms with Gasteiger partial charge in [0, 0.05) is 6.42 Å². The smallest absolute Gasteiger partial charge is 0.225 e. The van der Waals surface area contributed by atoms with Crippen LogP contribution < -0.4 is 5.73 Å². The summed E-state index contributed by atoms with van der Waals surface area (Å²) in [4.78, 5) is 15.6. The fraction of sp³-hybridized carbons (Fsp3) is 0.333. The molecule has 3 rings (SSSR count). The molecule has 9 nitrogen and oxygen atoms in total. The van der Waals surface area contributed by atoms with Gasteiger partial charge in [-0.15, -0.1) is 20.4 Å². The van der Waals surface area contributed by atoms with Crippen LogP contribution in [0.3, 0.4) is 0 Å². The first-order valence-corrected chi connectivity index (χ1v) is 7.57. The van der Waals surface area contributed by atoms with E-state index in [1.54, 1.807) is 21.3 Å². The molecule has 0 saturated carbocycles. The van der Waals surface area contributed by atoms with Crippen molar-refractivity contribution >= 4 is 11.6 Å².